The summed E-state index contributed by atoms with van der Waals surface area (Å²) in [6.45, 7) is 1.81. The van der Waals surface area contributed by atoms with Crippen LogP contribution in [0.5, 0.6) is 0 Å². The summed E-state index contributed by atoms with van der Waals surface area (Å²) in [6, 6.07) is 10.9. The third-order valence-electron chi connectivity index (χ3n) is 5.98. The van der Waals surface area contributed by atoms with Crippen molar-refractivity contribution in [3.8, 4) is 5.82 Å². The van der Waals surface area contributed by atoms with Crippen LogP contribution < -0.4 is 4.90 Å². The predicted octanol–water partition coefficient (Wildman–Crippen LogP) is 6.14. The molecule has 0 radical (unpaired) electrons. The van der Waals surface area contributed by atoms with Gasteiger partial charge in [0.15, 0.2) is 12.0 Å². The van der Waals surface area contributed by atoms with E-state index in [1.807, 2.05) is 13.0 Å². The Morgan fingerprint density at radius 3 is 2.03 bits per heavy atom. The Kier molecular flexibility index (Phi) is 6.36. The first-order chi connectivity index (χ1) is 18.4. The number of anilines is 1. The maximum Gasteiger partial charge on any atom is 0.417 e. The minimum atomic E-state index is -4.59. The van der Waals surface area contributed by atoms with Gasteiger partial charge in [-0.15, -0.1) is 0 Å². The van der Waals surface area contributed by atoms with Crippen molar-refractivity contribution in [1.29, 1.82) is 0 Å². The van der Waals surface area contributed by atoms with E-state index in [-0.39, 0.29) is 17.5 Å². The molecule has 0 saturated carbocycles. The van der Waals surface area contributed by atoms with Crippen LogP contribution in [0.3, 0.4) is 0 Å². The first-order valence-electron chi connectivity index (χ1n) is 11.4. The van der Waals surface area contributed by atoms with Crippen LogP contribution in [0.4, 0.5) is 32.2 Å². The molecular formula is C26H18F6N6O. The minimum Gasteiger partial charge on any atom is -0.303 e. The second-order valence-corrected chi connectivity index (χ2v) is 8.62. The number of carbonyl (C=O) groups is 1. The van der Waals surface area contributed by atoms with Gasteiger partial charge in [0.25, 0.3) is 5.91 Å². The Hall–Kier alpha value is -4.68. The maximum atomic E-state index is 13.6. The number of hydrogen-bond donors (Lipinski definition) is 0. The number of pyridine rings is 2. The lowest BCUT2D eigenvalue weighted by molar-refractivity contribution is -0.138. The highest BCUT2D eigenvalue weighted by molar-refractivity contribution is 5.96. The maximum absolute atomic E-state index is 13.6. The van der Waals surface area contributed by atoms with E-state index >= 15 is 0 Å². The Morgan fingerprint density at radius 1 is 0.821 bits per heavy atom. The zero-order valence-electron chi connectivity index (χ0n) is 20.0. The number of benzene rings is 1. The van der Waals surface area contributed by atoms with E-state index in [4.69, 9.17) is 0 Å². The lowest BCUT2D eigenvalue weighted by Gasteiger charge is -2.31. The quantitative estimate of drug-likeness (QED) is 0.289. The molecule has 200 valence electrons. The van der Waals surface area contributed by atoms with Gasteiger partial charge < -0.3 is 4.90 Å². The van der Waals surface area contributed by atoms with E-state index in [0.29, 0.717) is 18.0 Å². The van der Waals surface area contributed by atoms with Gasteiger partial charge in [0.05, 0.1) is 11.1 Å². The zero-order chi connectivity index (χ0) is 27.9. The molecule has 1 amide bonds. The summed E-state index contributed by atoms with van der Waals surface area (Å²) in [6.07, 6.45) is -3.14. The molecule has 7 nitrogen and oxygen atoms in total. The van der Waals surface area contributed by atoms with Gasteiger partial charge in [0.2, 0.25) is 0 Å². The predicted molar refractivity (Wildman–Crippen MR) is 127 cm³/mol. The number of alkyl halides is 6. The fraction of sp³-hybridized carbons (Fsp3) is 0.154. The second-order valence-electron chi connectivity index (χ2n) is 8.62. The van der Waals surface area contributed by atoms with Crippen LogP contribution in [0.1, 0.15) is 39.0 Å². The van der Waals surface area contributed by atoms with Gasteiger partial charge in [0, 0.05) is 42.8 Å². The number of carbonyl (C=O) groups excluding carboxylic acids is 1. The minimum absolute atomic E-state index is 0.0821. The van der Waals surface area contributed by atoms with Crippen molar-refractivity contribution in [2.75, 3.05) is 4.90 Å². The van der Waals surface area contributed by atoms with Crippen LogP contribution in [0, 0.1) is 6.92 Å². The molecule has 1 aliphatic heterocycles. The van der Waals surface area contributed by atoms with Gasteiger partial charge in [-0.2, -0.15) is 26.3 Å². The van der Waals surface area contributed by atoms with Gasteiger partial charge in [-0.1, -0.05) is 17.7 Å². The summed E-state index contributed by atoms with van der Waals surface area (Å²) in [5.74, 6) is -0.108. The van der Waals surface area contributed by atoms with Crippen LogP contribution in [-0.4, -0.2) is 30.3 Å². The molecule has 0 saturated heterocycles. The van der Waals surface area contributed by atoms with Crippen molar-refractivity contribution in [2.45, 2.75) is 25.4 Å². The van der Waals surface area contributed by atoms with Gasteiger partial charge in [-0.25, -0.2) is 15.0 Å². The van der Waals surface area contributed by atoms with Crippen LogP contribution in [0.25, 0.3) is 5.82 Å². The number of aryl methyl sites for hydroxylation is 1. The molecule has 1 aromatic carbocycles. The van der Waals surface area contributed by atoms with E-state index in [1.165, 1.54) is 39.2 Å². The summed E-state index contributed by atoms with van der Waals surface area (Å²) in [5.41, 5.74) is -0.716. The second kappa shape index (κ2) is 9.57. The fourth-order valence-corrected chi connectivity index (χ4v) is 4.10. The molecule has 0 spiro atoms. The molecule has 13 heteroatoms. The normalized spacial score (nSPS) is 15.7. The van der Waals surface area contributed by atoms with Gasteiger partial charge in [-0.3, -0.25) is 14.3 Å². The highest BCUT2D eigenvalue weighted by Gasteiger charge is 2.38. The lowest BCUT2D eigenvalue weighted by atomic mass is 10.1. The summed E-state index contributed by atoms with van der Waals surface area (Å²) in [5, 5.41) is 0. The van der Waals surface area contributed by atoms with Crippen molar-refractivity contribution in [3.05, 3.63) is 114 Å². The average molecular weight is 544 g/mol. The number of amides is 1. The van der Waals surface area contributed by atoms with Crippen molar-refractivity contribution < 1.29 is 31.1 Å². The molecule has 1 unspecified atom stereocenters. The molecule has 4 heterocycles. The van der Waals surface area contributed by atoms with E-state index < -0.39 is 35.6 Å². The lowest BCUT2D eigenvalue weighted by Crippen LogP contribution is -2.37. The van der Waals surface area contributed by atoms with Crippen molar-refractivity contribution in [2.24, 2.45) is 0 Å². The molecule has 0 aliphatic carbocycles. The highest BCUT2D eigenvalue weighted by Crippen LogP contribution is 2.37. The van der Waals surface area contributed by atoms with E-state index in [9.17, 15) is 31.1 Å². The summed E-state index contributed by atoms with van der Waals surface area (Å²) in [7, 11) is 0. The topological polar surface area (TPSA) is 67.2 Å². The van der Waals surface area contributed by atoms with Gasteiger partial charge >= 0.3 is 12.4 Å². The van der Waals surface area contributed by atoms with E-state index in [2.05, 4.69) is 15.0 Å². The standard InChI is InChI=1S/C26H18F6N6O/c1-16-3-2-4-17(13-16)24(39)38-12-11-37(21-8-6-19(15-35-21)26(30,31)32)23(38)22-33-9-10-36(22)20-7-5-18(14-34-20)25(27,28)29/h2-15,23H,1H3. The number of aromatic nitrogens is 4. The molecule has 0 N–H and O–H groups in total. The Labute approximate surface area is 217 Å². The molecule has 3 aromatic heterocycles. The van der Waals surface area contributed by atoms with Crippen LogP contribution in [0.2, 0.25) is 0 Å². The van der Waals surface area contributed by atoms with Gasteiger partial charge in [0.1, 0.15) is 11.6 Å². The smallest absolute Gasteiger partial charge is 0.303 e. The Bertz CT molecular complexity index is 1530. The number of nitrogens with zero attached hydrogens (tertiary/aromatic N) is 6. The molecule has 1 aliphatic rings. The third kappa shape index (κ3) is 5.07. The van der Waals surface area contributed by atoms with Crippen LogP contribution in [0.15, 0.2) is 85.7 Å². The zero-order valence-corrected chi connectivity index (χ0v) is 20.0. The highest BCUT2D eigenvalue weighted by atomic mass is 19.4. The molecule has 5 rings (SSSR count). The SMILES string of the molecule is Cc1cccc(C(=O)N2C=CN(c3ccc(C(F)(F)F)cn3)C2c2nccn2-c2ccc(C(F)(F)F)cn2)c1. The molecule has 1 atom stereocenters. The molecule has 4 aromatic rings. The number of imidazole rings is 1. The molecule has 0 fully saturated rings. The molecule has 0 bridgehead atoms. The molecule has 39 heavy (non-hydrogen) atoms. The summed E-state index contributed by atoms with van der Waals surface area (Å²) >= 11 is 0. The average Bonchev–Trinajstić information content (AvgIpc) is 3.54. The first kappa shape index (κ1) is 25.9. The summed E-state index contributed by atoms with van der Waals surface area (Å²) < 4.78 is 79.9. The van der Waals surface area contributed by atoms with Crippen molar-refractivity contribution in [1.82, 2.24) is 24.4 Å². The first-order valence-corrected chi connectivity index (χ1v) is 11.4. The van der Waals surface area contributed by atoms with Crippen molar-refractivity contribution >= 4 is 11.7 Å². The van der Waals surface area contributed by atoms with Crippen molar-refractivity contribution in [3.63, 3.8) is 0 Å². The Balaban J connectivity index is 1.58. The number of hydrogen-bond acceptors (Lipinski definition) is 5. The van der Waals surface area contributed by atoms with Crippen LogP contribution >= 0.6 is 0 Å². The van der Waals surface area contributed by atoms with Gasteiger partial charge in [-0.05, 0) is 43.3 Å². The number of rotatable bonds is 4. The Morgan fingerprint density at radius 2 is 1.46 bits per heavy atom. The van der Waals surface area contributed by atoms with E-state index in [0.717, 1.165) is 29.8 Å². The fourth-order valence-electron chi connectivity index (χ4n) is 4.10. The third-order valence-corrected chi connectivity index (χ3v) is 5.98. The largest absolute Gasteiger partial charge is 0.417 e. The van der Waals surface area contributed by atoms with E-state index in [1.54, 1.807) is 18.2 Å². The van der Waals surface area contributed by atoms with Crippen LogP contribution in [-0.2, 0) is 12.4 Å². The molecular weight excluding hydrogens is 526 g/mol. The summed E-state index contributed by atoms with van der Waals surface area (Å²) in [4.78, 5) is 28.5. The number of halogens is 6. The monoisotopic (exact) mass is 544 g/mol.